The largest absolute Gasteiger partial charge is 0.445 e. The Morgan fingerprint density at radius 1 is 1.32 bits per heavy atom. The van der Waals surface area contributed by atoms with Crippen LogP contribution in [0, 0.1) is 6.92 Å². The van der Waals surface area contributed by atoms with Crippen LogP contribution >= 0.6 is 0 Å². The molecule has 164 valence electrons. The number of tetrazole rings is 1. The number of hydrogen-bond donors (Lipinski definition) is 1. The van der Waals surface area contributed by atoms with Crippen LogP contribution in [0.2, 0.25) is 0 Å². The fourth-order valence-electron chi connectivity index (χ4n) is 4.11. The van der Waals surface area contributed by atoms with Crippen molar-refractivity contribution in [2.45, 2.75) is 64.5 Å². The van der Waals surface area contributed by atoms with E-state index in [-0.39, 0.29) is 17.9 Å². The Hall–Kier alpha value is -3.07. The molecule has 4 rings (SSSR count). The second-order valence-corrected chi connectivity index (χ2v) is 8.41. The molecule has 3 aromatic rings. The average molecular weight is 425 g/mol. The van der Waals surface area contributed by atoms with E-state index < -0.39 is 5.60 Å². The normalized spacial score (nSPS) is 21.1. The van der Waals surface area contributed by atoms with E-state index in [1.165, 1.54) is 11.1 Å². The van der Waals surface area contributed by atoms with Gasteiger partial charge in [-0.15, -0.1) is 15.0 Å². The molecule has 9 heteroatoms. The lowest BCUT2D eigenvalue weighted by Gasteiger charge is -2.37. The van der Waals surface area contributed by atoms with Crippen LogP contribution in [-0.2, 0) is 5.60 Å². The van der Waals surface area contributed by atoms with Gasteiger partial charge in [0.05, 0.1) is 11.5 Å². The van der Waals surface area contributed by atoms with Crippen LogP contribution in [0.1, 0.15) is 73.7 Å². The van der Waals surface area contributed by atoms with Gasteiger partial charge in [0.25, 0.3) is 5.91 Å². The van der Waals surface area contributed by atoms with Crippen molar-refractivity contribution in [1.82, 2.24) is 30.1 Å². The summed E-state index contributed by atoms with van der Waals surface area (Å²) in [5.41, 5.74) is 0.649. The number of piperidine rings is 1. The number of aromatic nitrogens is 5. The lowest BCUT2D eigenvalue weighted by atomic mass is 9.92. The maximum Gasteiger partial charge on any atom is 0.256 e. The lowest BCUT2D eigenvalue weighted by molar-refractivity contribution is 0.0473. The number of carbonyl (C=O) groups is 1. The molecule has 31 heavy (non-hydrogen) atoms. The van der Waals surface area contributed by atoms with E-state index in [1.807, 2.05) is 30.9 Å². The first-order valence-corrected chi connectivity index (χ1v) is 10.7. The molecule has 1 fully saturated rings. The molecule has 3 heterocycles. The molecular formula is C22H28N6O3. The van der Waals surface area contributed by atoms with E-state index in [0.717, 1.165) is 12.8 Å². The molecule has 0 spiro atoms. The van der Waals surface area contributed by atoms with Gasteiger partial charge >= 0.3 is 0 Å². The summed E-state index contributed by atoms with van der Waals surface area (Å²) in [6.07, 6.45) is 3.58. The predicted molar refractivity (Wildman–Crippen MR) is 113 cm³/mol. The molecule has 1 aromatic carbocycles. The van der Waals surface area contributed by atoms with Gasteiger partial charge < -0.3 is 14.4 Å². The van der Waals surface area contributed by atoms with Crippen LogP contribution in [0.5, 0.6) is 0 Å². The highest BCUT2D eigenvalue weighted by Crippen LogP contribution is 2.34. The number of para-hydroxylation sites is 1. The van der Waals surface area contributed by atoms with E-state index in [1.54, 1.807) is 19.1 Å². The van der Waals surface area contributed by atoms with Crippen molar-refractivity contribution in [3.05, 3.63) is 53.5 Å². The maximum absolute atomic E-state index is 13.5. The number of likely N-dealkylation sites (tertiary alicyclic amines) is 1. The first-order valence-electron chi connectivity index (χ1n) is 10.7. The predicted octanol–water partition coefficient (Wildman–Crippen LogP) is 2.98. The molecule has 1 unspecified atom stereocenters. The van der Waals surface area contributed by atoms with E-state index >= 15 is 0 Å². The summed E-state index contributed by atoms with van der Waals surface area (Å²) >= 11 is 0. The highest BCUT2D eigenvalue weighted by atomic mass is 16.4. The number of rotatable bonds is 5. The summed E-state index contributed by atoms with van der Waals surface area (Å²) < 4.78 is 5.95. The molecule has 3 atom stereocenters. The maximum atomic E-state index is 13.5. The molecule has 1 aliphatic rings. The third-order valence-electron chi connectivity index (χ3n) is 6.20. The van der Waals surface area contributed by atoms with E-state index in [9.17, 15) is 9.90 Å². The number of amides is 1. The fourth-order valence-corrected chi connectivity index (χ4v) is 4.11. The second kappa shape index (κ2) is 8.22. The van der Waals surface area contributed by atoms with Gasteiger partial charge in [-0.25, -0.2) is 4.98 Å². The van der Waals surface area contributed by atoms with Crippen LogP contribution in [0.3, 0.4) is 0 Å². The Morgan fingerprint density at radius 3 is 2.81 bits per heavy atom. The Morgan fingerprint density at radius 2 is 2.10 bits per heavy atom. The molecule has 1 saturated heterocycles. The second-order valence-electron chi connectivity index (χ2n) is 8.41. The summed E-state index contributed by atoms with van der Waals surface area (Å²) in [7, 11) is 0. The zero-order valence-electron chi connectivity index (χ0n) is 18.3. The van der Waals surface area contributed by atoms with Gasteiger partial charge in [-0.3, -0.25) is 4.79 Å². The molecule has 1 N–H and O–H groups in total. The zero-order chi connectivity index (χ0) is 22.2. The summed E-state index contributed by atoms with van der Waals surface area (Å²) in [4.78, 5) is 21.4. The van der Waals surface area contributed by atoms with Crippen LogP contribution in [0.15, 0.2) is 35.0 Å². The first kappa shape index (κ1) is 21.2. The minimum absolute atomic E-state index is 0.0306. The van der Waals surface area contributed by atoms with Gasteiger partial charge in [0.2, 0.25) is 0 Å². The highest BCUT2D eigenvalue weighted by Gasteiger charge is 2.36. The van der Waals surface area contributed by atoms with Crippen molar-refractivity contribution in [2.75, 3.05) is 6.54 Å². The van der Waals surface area contributed by atoms with Gasteiger partial charge in [0.15, 0.2) is 12.2 Å². The summed E-state index contributed by atoms with van der Waals surface area (Å²) in [6.45, 7) is 8.03. The van der Waals surface area contributed by atoms with Crippen molar-refractivity contribution in [2.24, 2.45) is 0 Å². The Kier molecular flexibility index (Phi) is 5.62. The van der Waals surface area contributed by atoms with Gasteiger partial charge in [-0.05, 0) is 57.4 Å². The van der Waals surface area contributed by atoms with Crippen molar-refractivity contribution in [1.29, 1.82) is 0 Å². The topological polar surface area (TPSA) is 110 Å². The monoisotopic (exact) mass is 424 g/mol. The van der Waals surface area contributed by atoms with Gasteiger partial charge in [-0.1, -0.05) is 19.1 Å². The van der Waals surface area contributed by atoms with Crippen LogP contribution in [0.4, 0.5) is 0 Å². The SMILES string of the molecule is CC[C@](C)(O)c1nc(C2CC[C@@H](C)N(C(=O)c3ccccc3-n3ncnn3)C2)oc1C. The van der Waals surface area contributed by atoms with Crippen LogP contribution in [0.25, 0.3) is 5.69 Å². The molecule has 0 radical (unpaired) electrons. The Labute approximate surface area is 181 Å². The lowest BCUT2D eigenvalue weighted by Crippen LogP contribution is -2.45. The Bertz CT molecular complexity index is 1060. The van der Waals surface area contributed by atoms with Crippen LogP contribution in [-0.4, -0.2) is 53.7 Å². The Balaban J connectivity index is 1.61. The van der Waals surface area contributed by atoms with Crippen molar-refractivity contribution >= 4 is 5.91 Å². The number of nitrogens with zero attached hydrogens (tertiary/aromatic N) is 6. The quantitative estimate of drug-likeness (QED) is 0.670. The van der Waals surface area contributed by atoms with E-state index in [0.29, 0.717) is 41.6 Å². The van der Waals surface area contributed by atoms with Crippen LogP contribution < -0.4 is 0 Å². The molecule has 0 saturated carbocycles. The minimum atomic E-state index is -1.03. The standard InChI is InChI=1S/C22H28N6O3/c1-5-22(4,30)19-15(3)31-20(25-19)16-11-10-14(2)27(12-16)21(29)17-8-6-7-9-18(17)28-24-13-23-26-28/h6-9,13-14,16,30H,5,10-12H2,1-4H3/t14-,16?,22+/m1/s1. The molecule has 0 aliphatic carbocycles. The summed E-state index contributed by atoms with van der Waals surface area (Å²) in [5, 5.41) is 22.4. The number of oxazole rings is 1. The molecule has 1 amide bonds. The molecule has 0 bridgehead atoms. The fraction of sp³-hybridized carbons (Fsp3) is 0.500. The number of benzene rings is 1. The van der Waals surface area contributed by atoms with Crippen molar-refractivity contribution < 1.29 is 14.3 Å². The third-order valence-corrected chi connectivity index (χ3v) is 6.20. The van der Waals surface area contributed by atoms with E-state index in [2.05, 4.69) is 27.3 Å². The van der Waals surface area contributed by atoms with Crippen molar-refractivity contribution in [3.8, 4) is 5.69 Å². The van der Waals surface area contributed by atoms with Gasteiger partial charge in [0, 0.05) is 12.6 Å². The highest BCUT2D eigenvalue weighted by molar-refractivity contribution is 5.98. The molecule has 1 aliphatic heterocycles. The molecule has 9 nitrogen and oxygen atoms in total. The number of aliphatic hydroxyl groups is 1. The number of aryl methyl sites for hydroxylation is 1. The number of hydrogen-bond acceptors (Lipinski definition) is 7. The molecule has 2 aromatic heterocycles. The van der Waals surface area contributed by atoms with E-state index in [4.69, 9.17) is 4.42 Å². The first-order chi connectivity index (χ1) is 14.8. The van der Waals surface area contributed by atoms with Gasteiger partial charge in [0.1, 0.15) is 22.7 Å². The smallest absolute Gasteiger partial charge is 0.256 e. The minimum Gasteiger partial charge on any atom is -0.445 e. The molecular weight excluding hydrogens is 396 g/mol. The van der Waals surface area contributed by atoms with Crippen molar-refractivity contribution in [3.63, 3.8) is 0 Å². The third kappa shape index (κ3) is 3.97. The number of carbonyl (C=O) groups excluding carboxylic acids is 1. The average Bonchev–Trinajstić information content (AvgIpc) is 3.44. The summed E-state index contributed by atoms with van der Waals surface area (Å²) in [5.74, 6) is 1.09. The zero-order valence-corrected chi connectivity index (χ0v) is 18.3. The summed E-state index contributed by atoms with van der Waals surface area (Å²) in [6, 6.07) is 7.33. The van der Waals surface area contributed by atoms with Gasteiger partial charge in [-0.2, -0.15) is 0 Å².